The SMILES string of the molecule is c1ccc(-n2c3ccccc3c3c(-c4ccc5c6cccc7c6n(c5c4)-c4nc5ccccc5nc4-c4ccccc4-7)cccc32)cc1. The Morgan fingerprint density at radius 1 is 0.396 bits per heavy atom. The highest BCUT2D eigenvalue weighted by Crippen LogP contribution is 2.47. The summed E-state index contributed by atoms with van der Waals surface area (Å²) in [6, 6.07) is 56.5. The number of hydrogen-bond acceptors (Lipinski definition) is 2. The van der Waals surface area contributed by atoms with Gasteiger partial charge in [-0.2, -0.15) is 0 Å². The van der Waals surface area contributed by atoms with E-state index in [1.54, 1.807) is 0 Å². The van der Waals surface area contributed by atoms with Gasteiger partial charge in [0.1, 0.15) is 5.69 Å². The van der Waals surface area contributed by atoms with E-state index in [4.69, 9.17) is 9.97 Å². The van der Waals surface area contributed by atoms with Gasteiger partial charge in [0.15, 0.2) is 5.82 Å². The van der Waals surface area contributed by atoms with Crippen LogP contribution in [-0.4, -0.2) is 19.1 Å². The zero-order chi connectivity index (χ0) is 31.3. The Morgan fingerprint density at radius 2 is 1.06 bits per heavy atom. The van der Waals surface area contributed by atoms with Crippen molar-refractivity contribution < 1.29 is 0 Å². The maximum atomic E-state index is 5.35. The summed E-state index contributed by atoms with van der Waals surface area (Å²) in [4.78, 5) is 10.6. The lowest BCUT2D eigenvalue weighted by molar-refractivity contribution is 1.09. The molecule has 4 heterocycles. The van der Waals surface area contributed by atoms with Crippen molar-refractivity contribution in [1.82, 2.24) is 19.1 Å². The van der Waals surface area contributed by atoms with Crippen molar-refractivity contribution in [3.63, 3.8) is 0 Å². The molecule has 0 aliphatic carbocycles. The molecular weight excluding hydrogens is 585 g/mol. The zero-order valence-corrected chi connectivity index (χ0v) is 25.8. The molecule has 0 spiro atoms. The Hall–Kier alpha value is -6.52. The number of para-hydroxylation sites is 5. The van der Waals surface area contributed by atoms with Crippen molar-refractivity contribution in [3.8, 4) is 45.0 Å². The molecule has 10 aromatic rings. The van der Waals surface area contributed by atoms with E-state index in [0.29, 0.717) is 0 Å². The van der Waals surface area contributed by atoms with Crippen LogP contribution in [0.1, 0.15) is 0 Å². The van der Waals surface area contributed by atoms with E-state index in [-0.39, 0.29) is 0 Å². The van der Waals surface area contributed by atoms with Crippen molar-refractivity contribution in [2.24, 2.45) is 0 Å². The topological polar surface area (TPSA) is 35.6 Å². The monoisotopic (exact) mass is 610 g/mol. The summed E-state index contributed by atoms with van der Waals surface area (Å²) in [7, 11) is 0. The molecule has 0 amide bonds. The first-order chi connectivity index (χ1) is 23.8. The molecule has 11 rings (SSSR count). The van der Waals surface area contributed by atoms with Crippen molar-refractivity contribution >= 4 is 54.6 Å². The first kappa shape index (κ1) is 25.6. The lowest BCUT2D eigenvalue weighted by Crippen LogP contribution is -2.02. The molecule has 7 aromatic carbocycles. The van der Waals surface area contributed by atoms with E-state index in [1.807, 2.05) is 12.1 Å². The van der Waals surface area contributed by atoms with Crippen LogP contribution in [0, 0.1) is 0 Å². The minimum absolute atomic E-state index is 0.863. The summed E-state index contributed by atoms with van der Waals surface area (Å²) in [5.74, 6) is 0.863. The molecule has 0 unspecified atom stereocenters. The van der Waals surface area contributed by atoms with Gasteiger partial charge in [0.05, 0.1) is 33.1 Å². The van der Waals surface area contributed by atoms with Gasteiger partial charge in [0.2, 0.25) is 0 Å². The molecule has 0 bridgehead atoms. The van der Waals surface area contributed by atoms with Gasteiger partial charge < -0.3 is 4.57 Å². The molecule has 4 heteroatoms. The second-order valence-electron chi connectivity index (χ2n) is 12.6. The number of rotatable bonds is 2. The fourth-order valence-corrected chi connectivity index (χ4v) is 8.04. The van der Waals surface area contributed by atoms with Crippen LogP contribution in [0.15, 0.2) is 158 Å². The van der Waals surface area contributed by atoms with Crippen LogP contribution in [0.3, 0.4) is 0 Å². The first-order valence-electron chi connectivity index (χ1n) is 16.4. The fourth-order valence-electron chi connectivity index (χ4n) is 8.04. The maximum absolute atomic E-state index is 5.35. The molecule has 0 fully saturated rings. The molecule has 48 heavy (non-hydrogen) atoms. The third kappa shape index (κ3) is 3.38. The molecule has 1 aliphatic rings. The second kappa shape index (κ2) is 9.50. The van der Waals surface area contributed by atoms with Gasteiger partial charge in [-0.1, -0.05) is 115 Å². The summed E-state index contributed by atoms with van der Waals surface area (Å²) >= 11 is 0. The molecule has 0 atom stereocenters. The highest BCUT2D eigenvalue weighted by molar-refractivity contribution is 6.19. The van der Waals surface area contributed by atoms with Crippen molar-refractivity contribution in [2.75, 3.05) is 0 Å². The minimum atomic E-state index is 0.863. The Morgan fingerprint density at radius 3 is 1.96 bits per heavy atom. The molecule has 0 saturated carbocycles. The molecule has 1 aliphatic heterocycles. The lowest BCUT2D eigenvalue weighted by atomic mass is 9.95. The largest absolute Gasteiger partial charge is 0.309 e. The third-order valence-electron chi connectivity index (χ3n) is 10.0. The van der Waals surface area contributed by atoms with Gasteiger partial charge in [-0.05, 0) is 59.2 Å². The lowest BCUT2D eigenvalue weighted by Gasteiger charge is -2.13. The second-order valence-corrected chi connectivity index (χ2v) is 12.6. The van der Waals surface area contributed by atoms with Crippen LogP contribution in [0.2, 0.25) is 0 Å². The van der Waals surface area contributed by atoms with E-state index in [0.717, 1.165) is 39.3 Å². The molecule has 4 nitrogen and oxygen atoms in total. The summed E-state index contributed by atoms with van der Waals surface area (Å²) in [5.41, 5.74) is 14.4. The highest BCUT2D eigenvalue weighted by atomic mass is 15.1. The average Bonchev–Trinajstić information content (AvgIpc) is 3.63. The summed E-state index contributed by atoms with van der Waals surface area (Å²) in [5, 5.41) is 4.91. The molecule has 0 saturated heterocycles. The standard InChI is InChI=1S/C44H26N4/c1-2-12-28(13-3-1)47-38-22-9-6-16-35(38)41-29(17-11-23-39(41)47)27-24-25-31-34-19-10-18-33-30-14-4-5-15-32(30)42-44(48(43(33)34)40(31)26-27)46-37-21-8-7-20-36(37)45-42/h1-26H. The van der Waals surface area contributed by atoms with Crippen LogP contribution in [0.4, 0.5) is 0 Å². The van der Waals surface area contributed by atoms with Crippen LogP contribution in [0.25, 0.3) is 99.7 Å². The first-order valence-corrected chi connectivity index (χ1v) is 16.4. The van der Waals surface area contributed by atoms with Gasteiger partial charge in [0.25, 0.3) is 0 Å². The summed E-state index contributed by atoms with van der Waals surface area (Å²) in [6.45, 7) is 0. The third-order valence-corrected chi connectivity index (χ3v) is 10.0. The predicted molar refractivity (Wildman–Crippen MR) is 198 cm³/mol. The zero-order valence-electron chi connectivity index (χ0n) is 25.8. The minimum Gasteiger partial charge on any atom is -0.309 e. The van der Waals surface area contributed by atoms with Gasteiger partial charge >= 0.3 is 0 Å². The van der Waals surface area contributed by atoms with Gasteiger partial charge in [-0.3, -0.25) is 4.57 Å². The normalized spacial score (nSPS) is 12.2. The summed E-state index contributed by atoms with van der Waals surface area (Å²) < 4.78 is 4.75. The quantitative estimate of drug-likeness (QED) is 0.195. The van der Waals surface area contributed by atoms with E-state index in [1.165, 1.54) is 60.3 Å². The predicted octanol–water partition coefficient (Wildman–Crippen LogP) is 11.1. The Labute approximate surface area is 275 Å². The molecule has 3 aromatic heterocycles. The van der Waals surface area contributed by atoms with Gasteiger partial charge in [-0.15, -0.1) is 0 Å². The molecular formula is C44H26N4. The number of nitrogens with zero attached hydrogens (tertiary/aromatic N) is 4. The van der Waals surface area contributed by atoms with Gasteiger partial charge in [-0.25, -0.2) is 9.97 Å². The van der Waals surface area contributed by atoms with Crippen LogP contribution >= 0.6 is 0 Å². The Kier molecular flexibility index (Phi) is 5.08. The van der Waals surface area contributed by atoms with E-state index >= 15 is 0 Å². The van der Waals surface area contributed by atoms with Crippen molar-refractivity contribution in [2.45, 2.75) is 0 Å². The van der Waals surface area contributed by atoms with Gasteiger partial charge in [0, 0.05) is 38.4 Å². The van der Waals surface area contributed by atoms with E-state index in [2.05, 4.69) is 155 Å². The summed E-state index contributed by atoms with van der Waals surface area (Å²) in [6.07, 6.45) is 0. The number of fused-ring (bicyclic) bond motifs is 12. The number of aromatic nitrogens is 4. The smallest absolute Gasteiger partial charge is 0.165 e. The van der Waals surface area contributed by atoms with Crippen LogP contribution < -0.4 is 0 Å². The Bertz CT molecular complexity index is 2950. The fraction of sp³-hybridized carbons (Fsp3) is 0. The number of hydrogen-bond donors (Lipinski definition) is 0. The van der Waals surface area contributed by atoms with Crippen molar-refractivity contribution in [1.29, 1.82) is 0 Å². The Balaban J connectivity index is 1.26. The molecule has 0 N–H and O–H groups in total. The van der Waals surface area contributed by atoms with Crippen LogP contribution in [-0.2, 0) is 0 Å². The maximum Gasteiger partial charge on any atom is 0.165 e. The molecule has 0 radical (unpaired) electrons. The number of benzene rings is 7. The van der Waals surface area contributed by atoms with Crippen molar-refractivity contribution in [3.05, 3.63) is 158 Å². The van der Waals surface area contributed by atoms with E-state index in [9.17, 15) is 0 Å². The van der Waals surface area contributed by atoms with E-state index < -0.39 is 0 Å². The molecule has 222 valence electrons. The van der Waals surface area contributed by atoms with Crippen LogP contribution in [0.5, 0.6) is 0 Å². The highest BCUT2D eigenvalue weighted by Gasteiger charge is 2.27. The average molecular weight is 611 g/mol.